The molecule has 2 saturated carbocycles. The van der Waals surface area contributed by atoms with Crippen LogP contribution in [-0.4, -0.2) is 45.6 Å². The third-order valence-electron chi connectivity index (χ3n) is 6.87. The fraction of sp³-hybridized carbons (Fsp3) is 0.385. The van der Waals surface area contributed by atoms with Crippen LogP contribution in [0.4, 0.5) is 19.7 Å². The number of aromatic nitrogens is 4. The molecule has 3 aromatic rings. The van der Waals surface area contributed by atoms with E-state index in [1.54, 1.807) is 11.0 Å². The Labute approximate surface area is 220 Å². The number of rotatable bonds is 6. The van der Waals surface area contributed by atoms with E-state index in [4.69, 9.17) is 4.74 Å². The van der Waals surface area contributed by atoms with Crippen LogP contribution in [0.5, 0.6) is 5.75 Å². The first kappa shape index (κ1) is 24.4. The lowest BCUT2D eigenvalue weighted by molar-refractivity contribution is -0.120. The van der Waals surface area contributed by atoms with Crippen molar-refractivity contribution < 1.29 is 23.1 Å². The van der Waals surface area contributed by atoms with Gasteiger partial charge in [0, 0.05) is 35.7 Å². The Kier molecular flexibility index (Phi) is 6.23. The summed E-state index contributed by atoms with van der Waals surface area (Å²) in [7, 11) is 1.39. The molecule has 3 aliphatic rings. The Hall–Kier alpha value is -3.98. The molecule has 2 unspecified atom stereocenters. The summed E-state index contributed by atoms with van der Waals surface area (Å²) in [5, 5.41) is 11.4. The summed E-state index contributed by atoms with van der Waals surface area (Å²) in [5.41, 5.74) is 0.127. The predicted molar refractivity (Wildman–Crippen MR) is 135 cm³/mol. The number of pyridine rings is 2. The zero-order valence-corrected chi connectivity index (χ0v) is 21.1. The number of hydrogen-bond acceptors (Lipinski definition) is 8. The van der Waals surface area contributed by atoms with E-state index in [2.05, 4.69) is 37.3 Å². The number of fused-ring (bicyclic) bond motifs is 1. The molecule has 194 valence electrons. The highest BCUT2D eigenvalue weighted by molar-refractivity contribution is 7.15. The van der Waals surface area contributed by atoms with E-state index in [1.807, 2.05) is 0 Å². The highest BCUT2D eigenvalue weighted by atomic mass is 32.1. The van der Waals surface area contributed by atoms with Gasteiger partial charge in [-0.25, -0.2) is 13.8 Å². The Balaban J connectivity index is 1.38. The highest BCUT2D eigenvalue weighted by Crippen LogP contribution is 2.47. The van der Waals surface area contributed by atoms with Crippen LogP contribution in [0.1, 0.15) is 53.2 Å². The van der Waals surface area contributed by atoms with Gasteiger partial charge >= 0.3 is 0 Å². The molecule has 0 spiro atoms. The molecule has 12 heteroatoms. The minimum absolute atomic E-state index is 0.00696. The van der Waals surface area contributed by atoms with Gasteiger partial charge in [0.15, 0.2) is 5.01 Å². The first-order valence-corrected chi connectivity index (χ1v) is 13.0. The van der Waals surface area contributed by atoms with Crippen molar-refractivity contribution in [1.29, 1.82) is 0 Å². The second kappa shape index (κ2) is 9.72. The number of halogens is 2. The largest absolute Gasteiger partial charge is 0.494 e. The van der Waals surface area contributed by atoms with Gasteiger partial charge in [0.25, 0.3) is 12.3 Å². The van der Waals surface area contributed by atoms with Crippen molar-refractivity contribution in [3.8, 4) is 28.7 Å². The Morgan fingerprint density at radius 1 is 1.18 bits per heavy atom. The van der Waals surface area contributed by atoms with Gasteiger partial charge in [-0.05, 0) is 49.7 Å². The molecule has 6 rings (SSSR count). The zero-order valence-electron chi connectivity index (χ0n) is 20.3. The summed E-state index contributed by atoms with van der Waals surface area (Å²) < 4.78 is 32.5. The molecule has 2 aliphatic carbocycles. The number of carbonyl (C=O) groups excluding carboxylic acids is 2. The average molecular weight is 537 g/mol. The molecule has 4 heterocycles. The van der Waals surface area contributed by atoms with Gasteiger partial charge in [0.05, 0.1) is 18.9 Å². The van der Waals surface area contributed by atoms with Gasteiger partial charge < -0.3 is 4.74 Å². The molecule has 1 aliphatic heterocycles. The van der Waals surface area contributed by atoms with Gasteiger partial charge in [-0.3, -0.25) is 24.8 Å². The number of hydrogen-bond donors (Lipinski definition) is 1. The summed E-state index contributed by atoms with van der Waals surface area (Å²) in [6.07, 6.45) is 3.59. The molecule has 38 heavy (non-hydrogen) atoms. The van der Waals surface area contributed by atoms with Crippen LogP contribution in [0.25, 0.3) is 11.1 Å². The standard InChI is InChI=1S/C26H22F2N6O3S/c1-37-20-12-29-19(23(27)28)9-17(20)16-10-21(34-7-6-14-8-15(14)25(34)36)30-11-18(16)24(35)31-26-33-32-22(38-26)5-4-13-2-3-13/h9-15,23H,2-3,6-8H2,1H3,(H,31,33,35). The van der Waals surface area contributed by atoms with Crippen molar-refractivity contribution in [2.24, 2.45) is 17.8 Å². The zero-order chi connectivity index (χ0) is 26.4. The number of amides is 2. The van der Waals surface area contributed by atoms with E-state index in [1.165, 1.54) is 25.6 Å². The number of nitrogens with one attached hydrogen (secondary N) is 1. The molecule has 0 bridgehead atoms. The summed E-state index contributed by atoms with van der Waals surface area (Å²) in [5.74, 6) is 6.83. The topological polar surface area (TPSA) is 110 Å². The monoisotopic (exact) mass is 536 g/mol. The normalized spacial score (nSPS) is 20.0. The summed E-state index contributed by atoms with van der Waals surface area (Å²) in [6, 6.07) is 2.75. The fourth-order valence-electron chi connectivity index (χ4n) is 4.53. The molecular weight excluding hydrogens is 514 g/mol. The van der Waals surface area contributed by atoms with Crippen LogP contribution in [0.2, 0.25) is 0 Å². The Bertz CT molecular complexity index is 1500. The minimum Gasteiger partial charge on any atom is -0.494 e. The smallest absolute Gasteiger partial charge is 0.280 e. The van der Waals surface area contributed by atoms with Gasteiger partial charge in [-0.1, -0.05) is 17.3 Å². The van der Waals surface area contributed by atoms with E-state index in [0.29, 0.717) is 29.2 Å². The lowest BCUT2D eigenvalue weighted by Crippen LogP contribution is -2.37. The molecule has 3 aromatic heterocycles. The van der Waals surface area contributed by atoms with Crippen molar-refractivity contribution in [1.82, 2.24) is 20.2 Å². The molecule has 0 radical (unpaired) electrons. The van der Waals surface area contributed by atoms with Crippen LogP contribution in [-0.2, 0) is 4.79 Å². The average Bonchev–Trinajstić information content (AvgIpc) is 3.85. The molecule has 1 N–H and O–H groups in total. The van der Waals surface area contributed by atoms with Crippen molar-refractivity contribution in [3.63, 3.8) is 0 Å². The number of piperidine rings is 1. The van der Waals surface area contributed by atoms with E-state index in [9.17, 15) is 18.4 Å². The second-order valence-electron chi connectivity index (χ2n) is 9.49. The molecular formula is C26H22F2N6O3S. The van der Waals surface area contributed by atoms with Crippen LogP contribution >= 0.6 is 11.3 Å². The molecule has 2 atom stereocenters. The molecule has 9 nitrogen and oxygen atoms in total. The molecule has 2 amide bonds. The van der Waals surface area contributed by atoms with E-state index < -0.39 is 18.0 Å². The Morgan fingerprint density at radius 2 is 2.03 bits per heavy atom. The highest BCUT2D eigenvalue weighted by Gasteiger charge is 2.48. The molecule has 3 fully saturated rings. The first-order valence-electron chi connectivity index (χ1n) is 12.2. The SMILES string of the molecule is COc1cnc(C(F)F)cc1-c1cc(N2CCC3CC3C2=O)ncc1C(=O)Nc1nnc(C#CC2CC2)s1. The number of anilines is 2. The first-order chi connectivity index (χ1) is 18.4. The summed E-state index contributed by atoms with van der Waals surface area (Å²) in [6.45, 7) is 0.503. The van der Waals surface area contributed by atoms with E-state index in [0.717, 1.165) is 37.0 Å². The van der Waals surface area contributed by atoms with E-state index in [-0.39, 0.29) is 39.4 Å². The predicted octanol–water partition coefficient (Wildman–Crippen LogP) is 4.33. The van der Waals surface area contributed by atoms with Crippen molar-refractivity contribution in [2.45, 2.75) is 32.1 Å². The van der Waals surface area contributed by atoms with Crippen molar-refractivity contribution in [2.75, 3.05) is 23.9 Å². The van der Waals surface area contributed by atoms with Gasteiger partial charge in [-0.2, -0.15) is 0 Å². The lowest BCUT2D eigenvalue weighted by atomic mass is 9.99. The maximum Gasteiger partial charge on any atom is 0.280 e. The number of carbonyl (C=O) groups is 2. The second-order valence-corrected chi connectivity index (χ2v) is 10.5. The molecule has 0 aromatic carbocycles. The van der Waals surface area contributed by atoms with E-state index >= 15 is 0 Å². The van der Waals surface area contributed by atoms with Crippen molar-refractivity contribution >= 4 is 34.1 Å². The summed E-state index contributed by atoms with van der Waals surface area (Å²) in [4.78, 5) is 36.1. The lowest BCUT2D eigenvalue weighted by Gasteiger charge is -2.26. The van der Waals surface area contributed by atoms with Crippen LogP contribution < -0.4 is 15.0 Å². The fourth-order valence-corrected chi connectivity index (χ4v) is 5.13. The van der Waals surface area contributed by atoms with Crippen molar-refractivity contribution in [3.05, 3.63) is 40.8 Å². The van der Waals surface area contributed by atoms with Crippen LogP contribution in [0, 0.1) is 29.6 Å². The third kappa shape index (κ3) is 4.81. The van der Waals surface area contributed by atoms with Crippen LogP contribution in [0.3, 0.4) is 0 Å². The number of alkyl halides is 2. The maximum atomic E-state index is 13.6. The number of methoxy groups -OCH3 is 1. The third-order valence-corrected chi connectivity index (χ3v) is 7.62. The van der Waals surface area contributed by atoms with Gasteiger partial charge in [-0.15, -0.1) is 10.2 Å². The van der Waals surface area contributed by atoms with Gasteiger partial charge in [0.1, 0.15) is 17.3 Å². The summed E-state index contributed by atoms with van der Waals surface area (Å²) >= 11 is 1.14. The minimum atomic E-state index is -2.83. The van der Waals surface area contributed by atoms with Gasteiger partial charge in [0.2, 0.25) is 11.0 Å². The molecule has 1 saturated heterocycles. The van der Waals surface area contributed by atoms with Crippen LogP contribution in [0.15, 0.2) is 24.5 Å². The maximum absolute atomic E-state index is 13.6. The number of ether oxygens (including phenoxy) is 1. The number of nitrogens with zero attached hydrogens (tertiary/aromatic N) is 5. The quantitative estimate of drug-likeness (QED) is 0.467. The Morgan fingerprint density at radius 3 is 2.79 bits per heavy atom.